The van der Waals surface area contributed by atoms with Crippen molar-refractivity contribution >= 4 is 36.4 Å². The van der Waals surface area contributed by atoms with Crippen molar-refractivity contribution in [2.45, 2.75) is 70.1 Å². The molecule has 0 aliphatic carbocycles. The maximum absolute atomic E-state index is 12.7. The lowest BCUT2D eigenvalue weighted by Gasteiger charge is -2.25. The maximum Gasteiger partial charge on any atom is 0.323 e. The zero-order chi connectivity index (χ0) is 24.0. The SMILES string of the molecule is CCCCCC(O)CC=C(O)N(CC(=O)O)C(=O)C(CS)NC(=O)CCC(N)C(=O)O. The van der Waals surface area contributed by atoms with E-state index in [9.17, 15) is 29.4 Å². The Bertz CT molecular complexity index is 644. The molecule has 0 aromatic heterocycles. The van der Waals surface area contributed by atoms with Crippen molar-refractivity contribution < 1.29 is 39.6 Å². The molecule has 3 unspecified atom stereocenters. The van der Waals surface area contributed by atoms with Crippen LogP contribution >= 0.6 is 12.6 Å². The number of nitrogens with two attached hydrogens (primary N) is 1. The third-order valence-electron chi connectivity index (χ3n) is 4.36. The zero-order valence-electron chi connectivity index (χ0n) is 17.6. The molecule has 11 nitrogen and oxygen atoms in total. The summed E-state index contributed by atoms with van der Waals surface area (Å²) in [4.78, 5) is 47.1. The number of unbranched alkanes of at least 4 members (excludes halogenated alkanes) is 2. The Kier molecular flexibility index (Phi) is 14.3. The van der Waals surface area contributed by atoms with Gasteiger partial charge in [-0.25, -0.2) is 0 Å². The number of carbonyl (C=O) groups is 4. The molecule has 0 saturated carbocycles. The third kappa shape index (κ3) is 12.2. The fourth-order valence-electron chi connectivity index (χ4n) is 2.56. The lowest BCUT2D eigenvalue weighted by atomic mass is 10.1. The highest BCUT2D eigenvalue weighted by Crippen LogP contribution is 2.11. The molecule has 7 N–H and O–H groups in total. The highest BCUT2D eigenvalue weighted by molar-refractivity contribution is 7.80. The minimum absolute atomic E-state index is 0.0178. The van der Waals surface area contributed by atoms with Crippen molar-refractivity contribution in [3.05, 3.63) is 12.0 Å². The fraction of sp³-hybridized carbons (Fsp3) is 0.684. The molecule has 3 atom stereocenters. The van der Waals surface area contributed by atoms with Gasteiger partial charge < -0.3 is 31.5 Å². The van der Waals surface area contributed by atoms with Crippen LogP contribution in [0.25, 0.3) is 0 Å². The van der Waals surface area contributed by atoms with Crippen LogP contribution in [0, 0.1) is 0 Å². The maximum atomic E-state index is 12.7. The first-order valence-corrected chi connectivity index (χ1v) is 10.7. The summed E-state index contributed by atoms with van der Waals surface area (Å²) in [6.45, 7) is 1.15. The van der Waals surface area contributed by atoms with Gasteiger partial charge in [-0.05, 0) is 25.3 Å². The van der Waals surface area contributed by atoms with E-state index >= 15 is 0 Å². The van der Waals surface area contributed by atoms with Crippen LogP contribution in [0.1, 0.15) is 51.9 Å². The number of nitrogens with zero attached hydrogens (tertiary/aromatic N) is 1. The second-order valence-electron chi connectivity index (χ2n) is 7.05. The summed E-state index contributed by atoms with van der Waals surface area (Å²) in [5.41, 5.74) is 5.33. The largest absolute Gasteiger partial charge is 0.495 e. The van der Waals surface area contributed by atoms with E-state index in [0.717, 1.165) is 25.3 Å². The highest BCUT2D eigenvalue weighted by atomic mass is 32.1. The van der Waals surface area contributed by atoms with Crippen LogP contribution in [0.3, 0.4) is 0 Å². The number of aliphatic hydroxyl groups excluding tert-OH is 2. The predicted octanol–water partition coefficient (Wildman–Crippen LogP) is 0.237. The smallest absolute Gasteiger partial charge is 0.323 e. The molecule has 0 bridgehead atoms. The Hall–Kier alpha value is -2.31. The van der Waals surface area contributed by atoms with Crippen molar-refractivity contribution in [1.82, 2.24) is 10.2 Å². The number of nitrogens with one attached hydrogen (secondary N) is 1. The fourth-order valence-corrected chi connectivity index (χ4v) is 2.80. The molecule has 0 spiro atoms. The van der Waals surface area contributed by atoms with Gasteiger partial charge in [-0.3, -0.25) is 24.1 Å². The summed E-state index contributed by atoms with van der Waals surface area (Å²) in [5, 5.41) is 40.3. The minimum Gasteiger partial charge on any atom is -0.495 e. The molecule has 0 radical (unpaired) electrons. The number of rotatable bonds is 16. The monoisotopic (exact) mass is 463 g/mol. The number of hydrogen-bond donors (Lipinski definition) is 7. The molecule has 12 heteroatoms. The Labute approximate surface area is 186 Å². The van der Waals surface area contributed by atoms with Gasteiger partial charge in [-0.15, -0.1) is 0 Å². The number of carboxylic acids is 2. The minimum atomic E-state index is -1.39. The van der Waals surface area contributed by atoms with Crippen LogP contribution in [0.15, 0.2) is 12.0 Å². The van der Waals surface area contributed by atoms with Crippen molar-refractivity contribution in [3.63, 3.8) is 0 Å². The standard InChI is InChI=1S/C19H33N3O8S/c1-2-3-4-5-12(23)6-9-16(25)22(10-17(26)27)18(28)14(11-31)21-15(24)8-7-13(20)19(29)30/h9,12-14,23,25,31H,2-8,10-11,20H2,1H3,(H,21,24)(H,26,27)(H,29,30). The van der Waals surface area contributed by atoms with Gasteiger partial charge in [-0.2, -0.15) is 12.6 Å². The van der Waals surface area contributed by atoms with Gasteiger partial charge in [0.1, 0.15) is 18.6 Å². The van der Waals surface area contributed by atoms with Crippen molar-refractivity contribution in [3.8, 4) is 0 Å². The number of aliphatic carboxylic acids is 2. The van der Waals surface area contributed by atoms with Gasteiger partial charge in [0.15, 0.2) is 5.88 Å². The van der Waals surface area contributed by atoms with Gasteiger partial charge >= 0.3 is 11.9 Å². The number of hydrogen-bond acceptors (Lipinski definition) is 8. The van der Waals surface area contributed by atoms with Gasteiger partial charge in [0.25, 0.3) is 5.91 Å². The van der Waals surface area contributed by atoms with E-state index < -0.39 is 54.4 Å². The third-order valence-corrected chi connectivity index (χ3v) is 4.73. The Morgan fingerprint density at radius 3 is 2.29 bits per heavy atom. The zero-order valence-corrected chi connectivity index (χ0v) is 18.5. The van der Waals surface area contributed by atoms with Gasteiger partial charge in [0.2, 0.25) is 5.91 Å². The van der Waals surface area contributed by atoms with E-state index in [4.69, 9.17) is 15.9 Å². The van der Waals surface area contributed by atoms with Gasteiger partial charge in [-0.1, -0.05) is 26.2 Å². The van der Waals surface area contributed by atoms with Crippen molar-refractivity contribution in [1.29, 1.82) is 0 Å². The summed E-state index contributed by atoms with van der Waals surface area (Å²) < 4.78 is 0. The summed E-state index contributed by atoms with van der Waals surface area (Å²) in [7, 11) is 0. The molecule has 0 rings (SSSR count). The van der Waals surface area contributed by atoms with E-state index in [1.165, 1.54) is 0 Å². The average molecular weight is 464 g/mol. The van der Waals surface area contributed by atoms with Crippen LogP contribution in [-0.2, 0) is 19.2 Å². The van der Waals surface area contributed by atoms with Crippen molar-refractivity contribution in [2.75, 3.05) is 12.3 Å². The summed E-state index contributed by atoms with van der Waals surface area (Å²) in [6.07, 6.45) is 3.20. The first-order valence-electron chi connectivity index (χ1n) is 10.0. The Balaban J connectivity index is 5.12. The molecule has 0 fully saturated rings. The van der Waals surface area contributed by atoms with E-state index in [0.29, 0.717) is 11.3 Å². The van der Waals surface area contributed by atoms with Crippen molar-refractivity contribution in [2.24, 2.45) is 5.73 Å². The van der Waals surface area contributed by atoms with E-state index in [2.05, 4.69) is 17.9 Å². The molecule has 0 aromatic carbocycles. The summed E-state index contributed by atoms with van der Waals surface area (Å²) in [6, 6.07) is -2.50. The molecule has 0 aliphatic heterocycles. The number of carboxylic acid groups (broad SMARTS) is 2. The van der Waals surface area contributed by atoms with Crippen LogP contribution in [-0.4, -0.2) is 79.6 Å². The van der Waals surface area contributed by atoms with Crippen LogP contribution in [0.5, 0.6) is 0 Å². The van der Waals surface area contributed by atoms with E-state index in [1.807, 2.05) is 6.92 Å². The number of thiol groups is 1. The number of amides is 2. The Morgan fingerprint density at radius 1 is 1.13 bits per heavy atom. The lowest BCUT2D eigenvalue weighted by molar-refractivity contribution is -0.145. The molecule has 0 aliphatic rings. The second-order valence-corrected chi connectivity index (χ2v) is 7.42. The van der Waals surface area contributed by atoms with Crippen LogP contribution < -0.4 is 11.1 Å². The van der Waals surface area contributed by atoms with E-state index in [1.54, 1.807) is 0 Å². The number of carbonyl (C=O) groups excluding carboxylic acids is 2. The molecule has 0 saturated heterocycles. The quantitative estimate of drug-likeness (QED) is 0.0954. The highest BCUT2D eigenvalue weighted by Gasteiger charge is 2.29. The summed E-state index contributed by atoms with van der Waals surface area (Å²) in [5.74, 6) is -5.10. The van der Waals surface area contributed by atoms with Crippen LogP contribution in [0.4, 0.5) is 0 Å². The molecule has 2 amide bonds. The molecule has 178 valence electrons. The second kappa shape index (κ2) is 15.5. The predicted molar refractivity (Wildman–Crippen MR) is 115 cm³/mol. The molecule has 0 heterocycles. The number of aliphatic hydroxyl groups is 2. The first-order chi connectivity index (χ1) is 14.5. The van der Waals surface area contributed by atoms with Crippen LogP contribution in [0.2, 0.25) is 0 Å². The normalized spacial score (nSPS) is 14.4. The first kappa shape index (κ1) is 28.7. The summed E-state index contributed by atoms with van der Waals surface area (Å²) >= 11 is 3.99. The molecular weight excluding hydrogens is 430 g/mol. The van der Waals surface area contributed by atoms with E-state index in [-0.39, 0.29) is 25.0 Å². The van der Waals surface area contributed by atoms with Gasteiger partial charge in [0.05, 0.1) is 6.10 Å². The van der Waals surface area contributed by atoms with Gasteiger partial charge in [0, 0.05) is 12.2 Å². The molecule has 0 aromatic rings. The Morgan fingerprint density at radius 2 is 1.77 bits per heavy atom. The topological polar surface area (TPSA) is 190 Å². The lowest BCUT2D eigenvalue weighted by Crippen LogP contribution is -2.50. The average Bonchev–Trinajstić information content (AvgIpc) is 2.71. The molecular formula is C19H33N3O8S. The molecule has 31 heavy (non-hydrogen) atoms.